The van der Waals surface area contributed by atoms with Crippen LogP contribution in [0.5, 0.6) is 0 Å². The van der Waals surface area contributed by atoms with Gasteiger partial charge in [0.2, 0.25) is 0 Å². The summed E-state index contributed by atoms with van der Waals surface area (Å²) in [7, 11) is 4.22. The van der Waals surface area contributed by atoms with Crippen LogP contribution in [0, 0.1) is 11.2 Å². The SMILES string of the molecule is CN1CCC(c2nnc(SCCCN3CCC4(CC4c4ccc(C(F)(F)F)cc4F)C3)n2C)CC1. The van der Waals surface area contributed by atoms with Crippen LogP contribution < -0.4 is 0 Å². The van der Waals surface area contributed by atoms with Crippen molar-refractivity contribution in [1.82, 2.24) is 24.6 Å². The second kappa shape index (κ2) is 9.67. The van der Waals surface area contributed by atoms with Gasteiger partial charge in [-0.15, -0.1) is 10.2 Å². The van der Waals surface area contributed by atoms with Gasteiger partial charge in [-0.1, -0.05) is 17.8 Å². The molecule has 1 aromatic heterocycles. The Bertz CT molecular complexity index is 1050. The molecule has 1 saturated carbocycles. The Morgan fingerprint density at radius 2 is 1.89 bits per heavy atom. The minimum Gasteiger partial charge on any atom is -0.309 e. The zero-order valence-electron chi connectivity index (χ0n) is 20.3. The zero-order valence-corrected chi connectivity index (χ0v) is 21.1. The van der Waals surface area contributed by atoms with Crippen molar-refractivity contribution in [2.75, 3.05) is 45.5 Å². The molecule has 0 bridgehead atoms. The number of halogens is 4. The predicted octanol–water partition coefficient (Wildman–Crippen LogP) is 5.14. The molecule has 2 unspecified atom stereocenters. The van der Waals surface area contributed by atoms with Gasteiger partial charge in [0, 0.05) is 25.3 Å². The number of rotatable bonds is 7. The third kappa shape index (κ3) is 5.25. The number of hydrogen-bond donors (Lipinski definition) is 0. The molecule has 3 fully saturated rings. The normalized spacial score (nSPS) is 26.2. The van der Waals surface area contributed by atoms with E-state index in [0.717, 1.165) is 87.6 Å². The average molecular weight is 512 g/mol. The van der Waals surface area contributed by atoms with Crippen molar-refractivity contribution in [3.63, 3.8) is 0 Å². The summed E-state index contributed by atoms with van der Waals surface area (Å²) < 4.78 is 55.2. The highest BCUT2D eigenvalue weighted by Crippen LogP contribution is 2.64. The molecule has 0 N–H and O–H groups in total. The first-order valence-corrected chi connectivity index (χ1v) is 13.4. The van der Waals surface area contributed by atoms with Gasteiger partial charge in [0.15, 0.2) is 5.16 Å². The predicted molar refractivity (Wildman–Crippen MR) is 128 cm³/mol. The summed E-state index contributed by atoms with van der Waals surface area (Å²) in [5.74, 6) is 1.85. The van der Waals surface area contributed by atoms with Crippen LogP contribution in [-0.4, -0.2) is 70.1 Å². The van der Waals surface area contributed by atoms with E-state index in [4.69, 9.17) is 0 Å². The molecule has 2 aromatic rings. The van der Waals surface area contributed by atoms with E-state index in [1.807, 2.05) is 0 Å². The molecule has 2 saturated heterocycles. The van der Waals surface area contributed by atoms with Crippen molar-refractivity contribution in [3.05, 3.63) is 41.0 Å². The van der Waals surface area contributed by atoms with Crippen molar-refractivity contribution < 1.29 is 17.6 Å². The van der Waals surface area contributed by atoms with Crippen molar-refractivity contribution in [3.8, 4) is 0 Å². The van der Waals surface area contributed by atoms with Crippen LogP contribution in [0.25, 0.3) is 0 Å². The molecule has 3 heterocycles. The van der Waals surface area contributed by atoms with Crippen molar-refractivity contribution in [1.29, 1.82) is 0 Å². The quantitative estimate of drug-likeness (QED) is 0.292. The molecule has 192 valence electrons. The van der Waals surface area contributed by atoms with Gasteiger partial charge in [-0.3, -0.25) is 0 Å². The highest BCUT2D eigenvalue weighted by Gasteiger charge is 2.58. The third-order valence-electron chi connectivity index (χ3n) is 8.16. The van der Waals surface area contributed by atoms with E-state index in [1.165, 1.54) is 6.07 Å². The second-order valence-electron chi connectivity index (χ2n) is 10.6. The second-order valence-corrected chi connectivity index (χ2v) is 11.6. The molecule has 0 radical (unpaired) electrons. The first kappa shape index (κ1) is 25.0. The fourth-order valence-electron chi connectivity index (χ4n) is 5.93. The van der Waals surface area contributed by atoms with Crippen LogP contribution in [0.2, 0.25) is 0 Å². The molecule has 0 amide bonds. The van der Waals surface area contributed by atoms with Crippen LogP contribution in [0.3, 0.4) is 0 Å². The number of likely N-dealkylation sites (tertiary alicyclic amines) is 2. The molecule has 2 aliphatic heterocycles. The number of nitrogens with zero attached hydrogens (tertiary/aromatic N) is 5. The Kier molecular flexibility index (Phi) is 6.91. The largest absolute Gasteiger partial charge is 0.416 e. The van der Waals surface area contributed by atoms with Crippen molar-refractivity contribution in [2.45, 2.75) is 55.3 Å². The standard InChI is InChI=1S/C25H33F4N5S/c1-32-10-6-17(7-11-32)22-30-31-23(33(22)2)35-13-3-9-34-12-8-24(16-34)15-20(24)19-5-4-18(14-21(19)26)25(27,28)29/h4-5,14,17,20H,3,6-13,15-16H2,1-2H3. The first-order chi connectivity index (χ1) is 16.7. The number of thioether (sulfide) groups is 1. The summed E-state index contributed by atoms with van der Waals surface area (Å²) in [6.07, 6.45) is 0.606. The lowest BCUT2D eigenvalue weighted by atomic mass is 9.96. The molecular weight excluding hydrogens is 478 g/mol. The molecule has 10 heteroatoms. The van der Waals surface area contributed by atoms with Crippen LogP contribution in [0.1, 0.15) is 60.9 Å². The van der Waals surface area contributed by atoms with Gasteiger partial charge < -0.3 is 14.4 Å². The Morgan fingerprint density at radius 3 is 2.60 bits per heavy atom. The third-order valence-corrected chi connectivity index (χ3v) is 9.27. The monoisotopic (exact) mass is 511 g/mol. The Hall–Kier alpha value is -1.65. The van der Waals surface area contributed by atoms with Gasteiger partial charge in [0.05, 0.1) is 5.56 Å². The summed E-state index contributed by atoms with van der Waals surface area (Å²) in [6, 6.07) is 3.01. The van der Waals surface area contributed by atoms with E-state index in [1.54, 1.807) is 11.8 Å². The summed E-state index contributed by atoms with van der Waals surface area (Å²) >= 11 is 1.74. The summed E-state index contributed by atoms with van der Waals surface area (Å²) in [5, 5.41) is 9.88. The van der Waals surface area contributed by atoms with E-state index in [9.17, 15) is 17.6 Å². The molecule has 35 heavy (non-hydrogen) atoms. The maximum absolute atomic E-state index is 14.5. The highest BCUT2D eigenvalue weighted by atomic mass is 32.2. The van der Waals surface area contributed by atoms with E-state index in [-0.39, 0.29) is 11.3 Å². The van der Waals surface area contributed by atoms with E-state index < -0.39 is 17.6 Å². The number of piperidine rings is 1. The Labute approximate surface area is 208 Å². The van der Waals surface area contributed by atoms with Crippen molar-refractivity contribution in [2.24, 2.45) is 12.5 Å². The first-order valence-electron chi connectivity index (χ1n) is 12.5. The fourth-order valence-corrected chi connectivity index (χ4v) is 6.77. The minimum absolute atomic E-state index is 0.0281. The smallest absolute Gasteiger partial charge is 0.309 e. The lowest BCUT2D eigenvalue weighted by molar-refractivity contribution is -0.137. The van der Waals surface area contributed by atoms with Gasteiger partial charge in [-0.2, -0.15) is 13.2 Å². The van der Waals surface area contributed by atoms with Crippen LogP contribution in [0.15, 0.2) is 23.4 Å². The van der Waals surface area contributed by atoms with Gasteiger partial charge in [-0.05, 0) is 94.4 Å². The van der Waals surface area contributed by atoms with Gasteiger partial charge in [0.1, 0.15) is 11.6 Å². The van der Waals surface area contributed by atoms with Crippen LogP contribution >= 0.6 is 11.8 Å². The van der Waals surface area contributed by atoms with Gasteiger partial charge in [-0.25, -0.2) is 4.39 Å². The minimum atomic E-state index is -4.51. The summed E-state index contributed by atoms with van der Waals surface area (Å²) in [4.78, 5) is 4.78. The lowest BCUT2D eigenvalue weighted by Gasteiger charge is -2.28. The molecular formula is C25H33F4N5S. The number of alkyl halides is 3. The molecule has 5 rings (SSSR count). The van der Waals surface area contributed by atoms with E-state index in [0.29, 0.717) is 17.5 Å². The van der Waals surface area contributed by atoms with Crippen LogP contribution in [-0.2, 0) is 13.2 Å². The molecule has 3 aliphatic rings. The number of benzene rings is 1. The fraction of sp³-hybridized carbons (Fsp3) is 0.680. The highest BCUT2D eigenvalue weighted by molar-refractivity contribution is 7.99. The number of aromatic nitrogens is 3. The molecule has 1 aromatic carbocycles. The van der Waals surface area contributed by atoms with Gasteiger partial charge >= 0.3 is 6.18 Å². The van der Waals surface area contributed by atoms with E-state index >= 15 is 0 Å². The van der Waals surface area contributed by atoms with Crippen LogP contribution in [0.4, 0.5) is 17.6 Å². The molecule has 1 spiro atoms. The topological polar surface area (TPSA) is 37.2 Å². The molecule has 5 nitrogen and oxygen atoms in total. The van der Waals surface area contributed by atoms with E-state index in [2.05, 4.69) is 38.7 Å². The Balaban J connectivity index is 1.08. The number of hydrogen-bond acceptors (Lipinski definition) is 5. The molecule has 2 atom stereocenters. The average Bonchev–Trinajstić information content (AvgIpc) is 3.14. The molecule has 1 aliphatic carbocycles. The maximum Gasteiger partial charge on any atom is 0.416 e. The summed E-state index contributed by atoms with van der Waals surface area (Å²) in [6.45, 7) is 5.03. The maximum atomic E-state index is 14.5. The lowest BCUT2D eigenvalue weighted by Crippen LogP contribution is -2.30. The van der Waals surface area contributed by atoms with Gasteiger partial charge in [0.25, 0.3) is 0 Å². The Morgan fingerprint density at radius 1 is 1.11 bits per heavy atom. The summed E-state index contributed by atoms with van der Waals surface area (Å²) in [5.41, 5.74) is -0.446. The zero-order chi connectivity index (χ0) is 24.8. The van der Waals surface area contributed by atoms with Crippen molar-refractivity contribution >= 4 is 11.8 Å².